The first-order chi connectivity index (χ1) is 21.4. The lowest BCUT2D eigenvalue weighted by molar-refractivity contribution is -0.118. The molecule has 0 bridgehead atoms. The quantitative estimate of drug-likeness (QED) is 0.123. The summed E-state index contributed by atoms with van der Waals surface area (Å²) in [5.41, 5.74) is -0.0493. The van der Waals surface area contributed by atoms with Gasteiger partial charge in [0.25, 0.3) is 0 Å². The summed E-state index contributed by atoms with van der Waals surface area (Å²) < 4.78 is 20.2. The number of carbonyl (C=O) groups excluding carboxylic acids is 1. The molecule has 0 unspecified atom stereocenters. The zero-order chi connectivity index (χ0) is 32.5. The van der Waals surface area contributed by atoms with E-state index >= 15 is 0 Å². The number of benzene rings is 2. The third kappa shape index (κ3) is 7.25. The minimum atomic E-state index is -1.84. The zero-order valence-corrected chi connectivity index (χ0v) is 27.8. The smallest absolute Gasteiger partial charge is 0.232 e. The number of nitrogens with zero attached hydrogens (tertiary/aromatic N) is 4. The number of carbonyl (C=O) groups is 1. The number of fused-ring (bicyclic) bond motifs is 1. The molecule has 238 valence electrons. The maximum absolute atomic E-state index is 12.3. The molecule has 1 saturated heterocycles. The number of amides is 1. The average molecular weight is 716 g/mol. The first-order valence-corrected chi connectivity index (χ1v) is 15.6. The lowest BCUT2D eigenvalue weighted by Gasteiger charge is -2.31. The predicted molar refractivity (Wildman–Crippen MR) is 174 cm³/mol. The van der Waals surface area contributed by atoms with Crippen LogP contribution in [0.5, 0.6) is 0 Å². The molecule has 1 aliphatic heterocycles. The van der Waals surface area contributed by atoms with Crippen LogP contribution in [0.3, 0.4) is 0 Å². The van der Waals surface area contributed by atoms with Crippen molar-refractivity contribution in [2.75, 3.05) is 11.9 Å². The number of hydrogen-bond donors (Lipinski definition) is 2. The Hall–Kier alpha value is -2.51. The van der Waals surface area contributed by atoms with E-state index in [1.165, 1.54) is 17.0 Å². The van der Waals surface area contributed by atoms with Gasteiger partial charge in [0.2, 0.25) is 11.9 Å². The molecule has 10 nitrogen and oxygen atoms in total. The number of rotatable bonds is 11. The molecule has 1 fully saturated rings. The van der Waals surface area contributed by atoms with E-state index in [2.05, 4.69) is 26.8 Å². The number of halogens is 5. The maximum atomic E-state index is 12.3. The van der Waals surface area contributed by atoms with Crippen LogP contribution in [0.4, 0.5) is 5.95 Å². The number of ether oxygens (including phenoxy) is 3. The Bertz CT molecular complexity index is 1740. The van der Waals surface area contributed by atoms with Crippen molar-refractivity contribution in [1.29, 1.82) is 0 Å². The fourth-order valence-corrected chi connectivity index (χ4v) is 5.90. The predicted octanol–water partition coefficient (Wildman–Crippen LogP) is 7.30. The fraction of sp³-hybridized carbons (Fsp3) is 0.333. The molecule has 3 heterocycles. The van der Waals surface area contributed by atoms with Crippen LogP contribution in [0, 0.1) is 5.92 Å². The van der Waals surface area contributed by atoms with Crippen LogP contribution in [-0.2, 0) is 32.2 Å². The summed E-state index contributed by atoms with van der Waals surface area (Å²) in [4.78, 5) is 25.3. The van der Waals surface area contributed by atoms with Crippen LogP contribution in [-0.4, -0.2) is 54.9 Å². The summed E-state index contributed by atoms with van der Waals surface area (Å²) in [7, 11) is 0. The van der Waals surface area contributed by atoms with Crippen molar-refractivity contribution in [1.82, 2.24) is 19.5 Å². The van der Waals surface area contributed by atoms with E-state index in [4.69, 9.17) is 72.2 Å². The normalized spacial score (nSPS) is 21.5. The molecule has 1 aliphatic rings. The van der Waals surface area contributed by atoms with Gasteiger partial charge in [-0.15, -0.1) is 0 Å². The van der Waals surface area contributed by atoms with Gasteiger partial charge in [-0.3, -0.25) is 14.7 Å². The number of nitrogens with one attached hydrogen (secondary N) is 1. The van der Waals surface area contributed by atoms with Gasteiger partial charge in [-0.05, 0) is 35.4 Å². The lowest BCUT2D eigenvalue weighted by atomic mass is 9.93. The molecule has 1 amide bonds. The Balaban J connectivity index is 1.47. The molecule has 45 heavy (non-hydrogen) atoms. The second-order valence-electron chi connectivity index (χ2n) is 10.6. The van der Waals surface area contributed by atoms with E-state index in [1.807, 2.05) is 0 Å². The van der Waals surface area contributed by atoms with Crippen molar-refractivity contribution in [2.45, 2.75) is 51.1 Å². The second-order valence-corrected chi connectivity index (χ2v) is 12.7. The average Bonchev–Trinajstić information content (AvgIpc) is 3.52. The molecule has 2 N–H and O–H groups in total. The topological polar surface area (TPSA) is 121 Å². The number of aliphatic hydroxyl groups is 1. The molecule has 5 rings (SSSR count). The summed E-state index contributed by atoms with van der Waals surface area (Å²) in [5, 5.41) is 16.6. The third-order valence-corrected chi connectivity index (χ3v) is 8.64. The van der Waals surface area contributed by atoms with E-state index in [-0.39, 0.29) is 53.9 Å². The number of imidazole rings is 1. The molecular formula is C30H28Cl5N5O5. The van der Waals surface area contributed by atoms with Crippen LogP contribution in [0.1, 0.15) is 31.2 Å². The van der Waals surface area contributed by atoms with Gasteiger partial charge in [0.1, 0.15) is 17.7 Å². The van der Waals surface area contributed by atoms with Crippen LogP contribution in [0.15, 0.2) is 55.4 Å². The summed E-state index contributed by atoms with van der Waals surface area (Å²) in [6.45, 7) is 7.49. The Morgan fingerprint density at radius 3 is 2.33 bits per heavy atom. The first kappa shape index (κ1) is 33.8. The van der Waals surface area contributed by atoms with Gasteiger partial charge in [-0.2, -0.15) is 9.97 Å². The van der Waals surface area contributed by atoms with Gasteiger partial charge in [-0.25, -0.2) is 4.98 Å². The van der Waals surface area contributed by atoms with Gasteiger partial charge < -0.3 is 19.3 Å². The molecule has 0 spiro atoms. The van der Waals surface area contributed by atoms with E-state index in [9.17, 15) is 9.90 Å². The van der Waals surface area contributed by atoms with Gasteiger partial charge in [-0.1, -0.05) is 96.6 Å². The first-order valence-electron chi connectivity index (χ1n) is 13.7. The standard InChI is InChI=1S/C30H28Cl5N5O5/c1-4-30(42)24(44-12-17-6-8-19(32)10-21(17)34)22(13-43-11-16-5-7-18(31)9-20(16)33)45-28(30)40-14-36-23-25(35)37-29(38-26(23)40)39-27(41)15(2)3/h4-10,14-15,22,24,28,42H,1,11-13H2,2-3H3,(H,37,38,39,41)/t22-,24-,28-,30-/m1/s1. The molecule has 0 radical (unpaired) electrons. The van der Waals surface area contributed by atoms with Crippen molar-refractivity contribution in [2.24, 2.45) is 5.92 Å². The number of anilines is 1. The van der Waals surface area contributed by atoms with Crippen molar-refractivity contribution >= 4 is 81.0 Å². The van der Waals surface area contributed by atoms with Crippen molar-refractivity contribution in [3.05, 3.63) is 91.8 Å². The molecule has 2 aromatic heterocycles. The Labute approximate surface area is 284 Å². The highest BCUT2D eigenvalue weighted by Crippen LogP contribution is 2.43. The maximum Gasteiger partial charge on any atom is 0.232 e. The van der Waals surface area contributed by atoms with Crippen LogP contribution in [0.2, 0.25) is 25.2 Å². The monoisotopic (exact) mass is 713 g/mol. The summed E-state index contributed by atoms with van der Waals surface area (Å²) in [5.74, 6) is -0.658. The highest BCUT2D eigenvalue weighted by Gasteiger charge is 2.56. The minimum absolute atomic E-state index is 0.00264. The number of hydrogen-bond acceptors (Lipinski definition) is 8. The fourth-order valence-electron chi connectivity index (χ4n) is 4.76. The summed E-state index contributed by atoms with van der Waals surface area (Å²) in [6, 6.07) is 10.1. The Morgan fingerprint density at radius 2 is 1.73 bits per heavy atom. The second kappa shape index (κ2) is 14.1. The molecule has 15 heteroatoms. The van der Waals surface area contributed by atoms with Crippen LogP contribution in [0.25, 0.3) is 11.2 Å². The van der Waals surface area contributed by atoms with Gasteiger partial charge in [0.05, 0.1) is 26.1 Å². The molecular weight excluding hydrogens is 688 g/mol. The molecule has 4 aromatic rings. The highest BCUT2D eigenvalue weighted by atomic mass is 35.5. The largest absolute Gasteiger partial charge is 0.378 e. The molecule has 4 atom stereocenters. The van der Waals surface area contributed by atoms with Crippen molar-refractivity contribution in [3.8, 4) is 0 Å². The SMILES string of the molecule is C=C[C@@]1(O)[C@H](OCc2ccc(Cl)cc2Cl)[C@@H](COCc2ccc(Cl)cc2Cl)O[C@H]1n1cnc2c(Cl)nc(NC(=O)C(C)C)nc21. The lowest BCUT2D eigenvalue weighted by Crippen LogP contribution is -2.47. The van der Waals surface area contributed by atoms with Gasteiger partial charge >= 0.3 is 0 Å². The molecule has 0 saturated carbocycles. The van der Waals surface area contributed by atoms with Crippen molar-refractivity contribution < 1.29 is 24.1 Å². The summed E-state index contributed by atoms with van der Waals surface area (Å²) in [6.07, 6.45) is -0.259. The van der Waals surface area contributed by atoms with E-state index in [0.29, 0.717) is 31.2 Å². The van der Waals surface area contributed by atoms with E-state index < -0.39 is 24.0 Å². The van der Waals surface area contributed by atoms with Gasteiger partial charge in [0.15, 0.2) is 22.6 Å². The highest BCUT2D eigenvalue weighted by molar-refractivity contribution is 6.35. The third-order valence-electron chi connectivity index (χ3n) is 7.20. The number of aromatic nitrogens is 4. The van der Waals surface area contributed by atoms with E-state index in [0.717, 1.165) is 0 Å². The van der Waals surface area contributed by atoms with E-state index in [1.54, 1.807) is 50.2 Å². The van der Waals surface area contributed by atoms with Gasteiger partial charge in [0, 0.05) is 26.0 Å². The molecule has 2 aromatic carbocycles. The molecule has 0 aliphatic carbocycles. The van der Waals surface area contributed by atoms with Crippen LogP contribution < -0.4 is 5.32 Å². The Morgan fingerprint density at radius 1 is 1.09 bits per heavy atom. The zero-order valence-electron chi connectivity index (χ0n) is 24.0. The summed E-state index contributed by atoms with van der Waals surface area (Å²) >= 11 is 31.2. The minimum Gasteiger partial charge on any atom is -0.378 e. The Kier molecular flexibility index (Phi) is 10.6. The van der Waals surface area contributed by atoms with Crippen molar-refractivity contribution in [3.63, 3.8) is 0 Å². The van der Waals surface area contributed by atoms with Crippen LogP contribution >= 0.6 is 58.0 Å².